The summed E-state index contributed by atoms with van der Waals surface area (Å²) in [6.45, 7) is 2.42. The third-order valence-electron chi connectivity index (χ3n) is 2.73. The standard InChI is InChI=1S/C14H15BrN2O2/c1-9-4-5-10-11(17-9)6-7-12(14(10)15)19-8-2-3-13(16)18/h4-7H,2-3,8H2,1H3,(H2,16,18). The van der Waals surface area contributed by atoms with Gasteiger partial charge < -0.3 is 10.5 Å². The Bertz CT molecular complexity index is 614. The van der Waals surface area contributed by atoms with Crippen LogP contribution in [0.5, 0.6) is 5.75 Å². The van der Waals surface area contributed by atoms with Crippen LogP contribution in [0.15, 0.2) is 28.7 Å². The number of nitrogens with two attached hydrogens (primary N) is 1. The lowest BCUT2D eigenvalue weighted by Gasteiger charge is -2.10. The van der Waals surface area contributed by atoms with Crippen molar-refractivity contribution >= 4 is 32.7 Å². The molecule has 100 valence electrons. The van der Waals surface area contributed by atoms with E-state index in [0.717, 1.165) is 26.8 Å². The number of benzene rings is 1. The minimum absolute atomic E-state index is 0.305. The summed E-state index contributed by atoms with van der Waals surface area (Å²) in [6.07, 6.45) is 0.956. The van der Waals surface area contributed by atoms with Crippen molar-refractivity contribution in [3.05, 3.63) is 34.4 Å². The zero-order valence-corrected chi connectivity index (χ0v) is 12.2. The lowest BCUT2D eigenvalue weighted by atomic mass is 10.2. The maximum absolute atomic E-state index is 10.6. The van der Waals surface area contributed by atoms with Gasteiger partial charge in [-0.15, -0.1) is 0 Å². The van der Waals surface area contributed by atoms with Gasteiger partial charge in [0.05, 0.1) is 16.6 Å². The first-order valence-corrected chi connectivity index (χ1v) is 6.84. The molecule has 0 saturated heterocycles. The Kier molecular flexibility index (Phi) is 4.37. The number of ether oxygens (including phenoxy) is 1. The molecule has 0 spiro atoms. The van der Waals surface area contributed by atoms with Gasteiger partial charge in [-0.05, 0) is 53.5 Å². The lowest BCUT2D eigenvalue weighted by Crippen LogP contribution is -2.11. The third kappa shape index (κ3) is 3.44. The molecule has 1 amide bonds. The molecule has 0 bridgehead atoms. The number of amides is 1. The smallest absolute Gasteiger partial charge is 0.217 e. The summed E-state index contributed by atoms with van der Waals surface area (Å²) >= 11 is 3.53. The fourth-order valence-electron chi connectivity index (χ4n) is 1.79. The van der Waals surface area contributed by atoms with Crippen molar-refractivity contribution in [1.29, 1.82) is 0 Å². The molecule has 0 aliphatic carbocycles. The average Bonchev–Trinajstić information content (AvgIpc) is 2.36. The van der Waals surface area contributed by atoms with Crippen LogP contribution in [0, 0.1) is 6.92 Å². The number of carbonyl (C=O) groups excluding carboxylic acids is 1. The van der Waals surface area contributed by atoms with Gasteiger partial charge in [0.1, 0.15) is 5.75 Å². The number of hydrogen-bond donors (Lipinski definition) is 1. The first-order chi connectivity index (χ1) is 9.08. The molecule has 0 aliphatic heterocycles. The second-order valence-corrected chi connectivity index (χ2v) is 5.11. The summed E-state index contributed by atoms with van der Waals surface area (Å²) in [5.74, 6) is 0.448. The van der Waals surface area contributed by atoms with Crippen molar-refractivity contribution in [2.45, 2.75) is 19.8 Å². The molecule has 5 heteroatoms. The van der Waals surface area contributed by atoms with E-state index in [1.165, 1.54) is 0 Å². The van der Waals surface area contributed by atoms with E-state index in [1.807, 2.05) is 31.2 Å². The Morgan fingerprint density at radius 1 is 1.37 bits per heavy atom. The van der Waals surface area contributed by atoms with Crippen molar-refractivity contribution in [2.24, 2.45) is 5.73 Å². The number of primary amides is 1. The first-order valence-electron chi connectivity index (χ1n) is 6.05. The van der Waals surface area contributed by atoms with Gasteiger partial charge in [0.2, 0.25) is 5.91 Å². The number of hydrogen-bond acceptors (Lipinski definition) is 3. The summed E-state index contributed by atoms with van der Waals surface area (Å²) < 4.78 is 6.53. The van der Waals surface area contributed by atoms with Crippen LogP contribution in [0.4, 0.5) is 0 Å². The van der Waals surface area contributed by atoms with E-state index in [9.17, 15) is 4.79 Å². The molecule has 19 heavy (non-hydrogen) atoms. The molecule has 0 radical (unpaired) electrons. The monoisotopic (exact) mass is 322 g/mol. The Morgan fingerprint density at radius 2 is 2.16 bits per heavy atom. The number of rotatable bonds is 5. The molecule has 2 aromatic rings. The quantitative estimate of drug-likeness (QED) is 0.861. The number of fused-ring (bicyclic) bond motifs is 1. The van der Waals surface area contributed by atoms with Crippen LogP contribution in [0.1, 0.15) is 18.5 Å². The summed E-state index contributed by atoms with van der Waals surface area (Å²) in [5.41, 5.74) is 6.99. The highest BCUT2D eigenvalue weighted by Gasteiger charge is 2.07. The van der Waals surface area contributed by atoms with Crippen molar-refractivity contribution in [2.75, 3.05) is 6.61 Å². The van der Waals surface area contributed by atoms with E-state index >= 15 is 0 Å². The van der Waals surface area contributed by atoms with E-state index in [2.05, 4.69) is 20.9 Å². The predicted octanol–water partition coefficient (Wildman–Crippen LogP) is 2.95. The van der Waals surface area contributed by atoms with Crippen LogP contribution in [0.25, 0.3) is 10.9 Å². The molecule has 4 nitrogen and oxygen atoms in total. The summed E-state index contributed by atoms with van der Waals surface area (Å²) in [7, 11) is 0. The Morgan fingerprint density at radius 3 is 2.89 bits per heavy atom. The van der Waals surface area contributed by atoms with Gasteiger partial charge in [-0.2, -0.15) is 0 Å². The van der Waals surface area contributed by atoms with Crippen LogP contribution in [0.3, 0.4) is 0 Å². The molecule has 0 atom stereocenters. The maximum atomic E-state index is 10.6. The largest absolute Gasteiger partial charge is 0.492 e. The van der Waals surface area contributed by atoms with Gasteiger partial charge in [-0.1, -0.05) is 0 Å². The van der Waals surface area contributed by atoms with Gasteiger partial charge in [-0.3, -0.25) is 9.78 Å². The lowest BCUT2D eigenvalue weighted by molar-refractivity contribution is -0.118. The molecular formula is C14H15BrN2O2. The van der Waals surface area contributed by atoms with E-state index in [1.54, 1.807) is 0 Å². The minimum Gasteiger partial charge on any atom is -0.492 e. The van der Waals surface area contributed by atoms with Crippen LogP contribution in [-0.2, 0) is 4.79 Å². The van der Waals surface area contributed by atoms with Crippen molar-refractivity contribution in [1.82, 2.24) is 4.98 Å². The van der Waals surface area contributed by atoms with E-state index in [-0.39, 0.29) is 5.91 Å². The zero-order chi connectivity index (χ0) is 13.8. The normalized spacial score (nSPS) is 10.6. The van der Waals surface area contributed by atoms with Crippen LogP contribution in [0.2, 0.25) is 0 Å². The van der Waals surface area contributed by atoms with Gasteiger partial charge in [0.25, 0.3) is 0 Å². The molecule has 0 fully saturated rings. The summed E-state index contributed by atoms with van der Waals surface area (Å²) in [4.78, 5) is 15.1. The highest BCUT2D eigenvalue weighted by atomic mass is 79.9. The van der Waals surface area contributed by atoms with Crippen LogP contribution >= 0.6 is 15.9 Å². The molecular weight excluding hydrogens is 308 g/mol. The average molecular weight is 323 g/mol. The van der Waals surface area contributed by atoms with Gasteiger partial charge in [-0.25, -0.2) is 0 Å². The second kappa shape index (κ2) is 6.02. The first kappa shape index (κ1) is 13.8. The Labute approximate surface area is 120 Å². The minimum atomic E-state index is -0.305. The highest BCUT2D eigenvalue weighted by Crippen LogP contribution is 2.32. The number of aryl methyl sites for hydroxylation is 1. The van der Waals surface area contributed by atoms with E-state index < -0.39 is 0 Å². The number of halogens is 1. The zero-order valence-electron chi connectivity index (χ0n) is 10.6. The fraction of sp³-hybridized carbons (Fsp3) is 0.286. The molecule has 1 heterocycles. The maximum Gasteiger partial charge on any atom is 0.217 e. The van der Waals surface area contributed by atoms with Crippen molar-refractivity contribution < 1.29 is 9.53 Å². The summed E-state index contributed by atoms with van der Waals surface area (Å²) in [5, 5.41) is 1.01. The topological polar surface area (TPSA) is 65.2 Å². The molecule has 1 aromatic carbocycles. The van der Waals surface area contributed by atoms with E-state index in [0.29, 0.717) is 19.4 Å². The number of pyridine rings is 1. The highest BCUT2D eigenvalue weighted by molar-refractivity contribution is 9.10. The Balaban J connectivity index is 2.14. The van der Waals surface area contributed by atoms with Crippen LogP contribution < -0.4 is 10.5 Å². The third-order valence-corrected chi connectivity index (χ3v) is 3.55. The fourth-order valence-corrected chi connectivity index (χ4v) is 2.37. The number of aromatic nitrogens is 1. The SMILES string of the molecule is Cc1ccc2c(Br)c(OCCCC(N)=O)ccc2n1. The molecule has 2 rings (SSSR count). The second-order valence-electron chi connectivity index (χ2n) is 4.32. The number of carbonyl (C=O) groups is 1. The van der Waals surface area contributed by atoms with Crippen LogP contribution in [-0.4, -0.2) is 17.5 Å². The van der Waals surface area contributed by atoms with E-state index in [4.69, 9.17) is 10.5 Å². The molecule has 0 aliphatic rings. The molecule has 1 aromatic heterocycles. The van der Waals surface area contributed by atoms with Crippen molar-refractivity contribution in [3.8, 4) is 5.75 Å². The Hall–Kier alpha value is -1.62. The van der Waals surface area contributed by atoms with Crippen molar-refractivity contribution in [3.63, 3.8) is 0 Å². The molecule has 0 unspecified atom stereocenters. The number of nitrogens with zero attached hydrogens (tertiary/aromatic N) is 1. The van der Waals surface area contributed by atoms with Gasteiger partial charge >= 0.3 is 0 Å². The summed E-state index contributed by atoms with van der Waals surface area (Å²) in [6, 6.07) is 7.78. The molecule has 2 N–H and O–H groups in total. The van der Waals surface area contributed by atoms with Gasteiger partial charge in [0, 0.05) is 17.5 Å². The predicted molar refractivity (Wildman–Crippen MR) is 78.1 cm³/mol. The molecule has 0 saturated carbocycles. The van der Waals surface area contributed by atoms with Gasteiger partial charge in [0.15, 0.2) is 0 Å².